The lowest BCUT2D eigenvalue weighted by atomic mass is 10.1. The fourth-order valence-corrected chi connectivity index (χ4v) is 2.68. The molecule has 0 aliphatic carbocycles. The number of nitrogens with one attached hydrogen (secondary N) is 1. The molecular formula is C15H15F3N4O. The Kier molecular flexibility index (Phi) is 3.93. The summed E-state index contributed by atoms with van der Waals surface area (Å²) in [5, 5.41) is 0. The summed E-state index contributed by atoms with van der Waals surface area (Å²) in [6, 6.07) is 2.40. The number of fused-ring (bicyclic) bond motifs is 1. The number of nitrogens with zero attached hydrogens (tertiary/aromatic N) is 3. The topological polar surface area (TPSA) is 61.9 Å². The average molecular weight is 324 g/mol. The molecule has 0 amide bonds. The van der Waals surface area contributed by atoms with E-state index >= 15 is 0 Å². The van der Waals surface area contributed by atoms with Crippen molar-refractivity contribution in [3.8, 4) is 0 Å². The van der Waals surface area contributed by atoms with Crippen molar-refractivity contribution in [3.05, 3.63) is 57.0 Å². The van der Waals surface area contributed by atoms with Crippen LogP contribution in [0.1, 0.15) is 28.3 Å². The van der Waals surface area contributed by atoms with Gasteiger partial charge in [0.1, 0.15) is 11.5 Å². The highest BCUT2D eigenvalue weighted by Gasteiger charge is 2.32. The Labute approximate surface area is 130 Å². The van der Waals surface area contributed by atoms with Gasteiger partial charge >= 0.3 is 6.18 Å². The van der Waals surface area contributed by atoms with Crippen molar-refractivity contribution in [1.82, 2.24) is 19.9 Å². The first kappa shape index (κ1) is 15.7. The van der Waals surface area contributed by atoms with E-state index in [1.54, 1.807) is 6.92 Å². The molecule has 3 heterocycles. The minimum absolute atomic E-state index is 0.150. The Morgan fingerprint density at radius 2 is 2.13 bits per heavy atom. The summed E-state index contributed by atoms with van der Waals surface area (Å²) >= 11 is 0. The van der Waals surface area contributed by atoms with Crippen LogP contribution in [0.15, 0.2) is 23.1 Å². The van der Waals surface area contributed by atoms with E-state index in [1.165, 1.54) is 12.3 Å². The number of alkyl halides is 3. The van der Waals surface area contributed by atoms with Crippen LogP contribution in [0, 0.1) is 6.92 Å². The van der Waals surface area contributed by atoms with Crippen molar-refractivity contribution in [1.29, 1.82) is 0 Å². The average Bonchev–Trinajstić information content (AvgIpc) is 2.47. The first-order chi connectivity index (χ1) is 10.8. The van der Waals surface area contributed by atoms with Gasteiger partial charge in [0.05, 0.1) is 11.3 Å². The molecule has 23 heavy (non-hydrogen) atoms. The number of aromatic nitrogens is 3. The second kappa shape index (κ2) is 5.77. The maximum Gasteiger partial charge on any atom is 0.433 e. The van der Waals surface area contributed by atoms with Crippen LogP contribution in [0.25, 0.3) is 0 Å². The van der Waals surface area contributed by atoms with Crippen LogP contribution in [0.3, 0.4) is 0 Å². The summed E-state index contributed by atoms with van der Waals surface area (Å²) < 4.78 is 37.5. The summed E-state index contributed by atoms with van der Waals surface area (Å²) in [5.41, 5.74) is 1.05. The van der Waals surface area contributed by atoms with Gasteiger partial charge in [-0.15, -0.1) is 0 Å². The van der Waals surface area contributed by atoms with E-state index in [0.717, 1.165) is 11.8 Å². The molecule has 2 aromatic rings. The lowest BCUT2D eigenvalue weighted by molar-refractivity contribution is -0.141. The summed E-state index contributed by atoms with van der Waals surface area (Å²) in [7, 11) is 0. The summed E-state index contributed by atoms with van der Waals surface area (Å²) in [6.07, 6.45) is -2.55. The van der Waals surface area contributed by atoms with Gasteiger partial charge in [-0.2, -0.15) is 13.2 Å². The molecule has 1 aliphatic rings. The fraction of sp³-hybridized carbons (Fsp3) is 0.400. The van der Waals surface area contributed by atoms with E-state index in [2.05, 4.69) is 15.0 Å². The first-order valence-corrected chi connectivity index (χ1v) is 7.16. The van der Waals surface area contributed by atoms with Crippen molar-refractivity contribution in [2.24, 2.45) is 0 Å². The van der Waals surface area contributed by atoms with Crippen LogP contribution >= 0.6 is 0 Å². The molecule has 1 N–H and O–H groups in total. The van der Waals surface area contributed by atoms with E-state index < -0.39 is 11.9 Å². The van der Waals surface area contributed by atoms with Gasteiger partial charge < -0.3 is 4.98 Å². The SMILES string of the molecule is Cc1nc2c(c(=O)[nH]1)CN(Cc1ccc(C(F)(F)F)nc1)CC2. The minimum atomic E-state index is -4.43. The molecule has 0 spiro atoms. The van der Waals surface area contributed by atoms with Gasteiger partial charge in [-0.25, -0.2) is 4.98 Å². The molecule has 2 aromatic heterocycles. The zero-order valence-corrected chi connectivity index (χ0v) is 12.4. The van der Waals surface area contributed by atoms with Crippen LogP contribution in [-0.2, 0) is 25.7 Å². The Hall–Kier alpha value is -2.22. The molecule has 1 aliphatic heterocycles. The molecule has 5 nitrogen and oxygen atoms in total. The van der Waals surface area contributed by atoms with Crippen LogP contribution in [0.5, 0.6) is 0 Å². The number of aryl methyl sites for hydroxylation is 1. The molecular weight excluding hydrogens is 309 g/mol. The molecule has 0 bridgehead atoms. The number of hydrogen-bond acceptors (Lipinski definition) is 4. The highest BCUT2D eigenvalue weighted by Crippen LogP contribution is 2.27. The van der Waals surface area contributed by atoms with E-state index in [-0.39, 0.29) is 5.56 Å². The standard InChI is InChI=1S/C15H15F3N4O/c1-9-20-12-4-5-22(8-11(12)14(23)21-9)7-10-2-3-13(19-6-10)15(16,17)18/h2-3,6H,4-5,7-8H2,1H3,(H,20,21,23). The predicted molar refractivity (Wildman–Crippen MR) is 76.7 cm³/mol. The van der Waals surface area contributed by atoms with E-state index in [0.29, 0.717) is 43.0 Å². The number of rotatable bonds is 2. The summed E-state index contributed by atoms with van der Waals surface area (Å²) in [6.45, 7) is 3.31. The van der Waals surface area contributed by atoms with Crippen LogP contribution < -0.4 is 5.56 Å². The Morgan fingerprint density at radius 1 is 1.35 bits per heavy atom. The number of H-pyrrole nitrogens is 1. The number of pyridine rings is 1. The van der Waals surface area contributed by atoms with E-state index in [9.17, 15) is 18.0 Å². The summed E-state index contributed by atoms with van der Waals surface area (Å²) in [4.78, 5) is 24.4. The van der Waals surface area contributed by atoms with Gasteiger partial charge in [-0.1, -0.05) is 6.07 Å². The molecule has 0 fully saturated rings. The third-order valence-electron chi connectivity index (χ3n) is 3.79. The van der Waals surface area contributed by atoms with E-state index in [4.69, 9.17) is 0 Å². The van der Waals surface area contributed by atoms with Gasteiger partial charge in [0.25, 0.3) is 5.56 Å². The number of halogens is 3. The molecule has 122 valence electrons. The predicted octanol–water partition coefficient (Wildman–Crippen LogP) is 2.05. The maximum atomic E-state index is 12.5. The second-order valence-corrected chi connectivity index (χ2v) is 5.59. The highest BCUT2D eigenvalue weighted by atomic mass is 19.4. The van der Waals surface area contributed by atoms with Gasteiger partial charge in [0, 0.05) is 32.3 Å². The number of hydrogen-bond donors (Lipinski definition) is 1. The van der Waals surface area contributed by atoms with Crippen LogP contribution in [0.2, 0.25) is 0 Å². The molecule has 8 heteroatoms. The second-order valence-electron chi connectivity index (χ2n) is 5.59. The van der Waals surface area contributed by atoms with Gasteiger partial charge in [0.15, 0.2) is 0 Å². The lowest BCUT2D eigenvalue weighted by Gasteiger charge is -2.27. The van der Waals surface area contributed by atoms with Crippen molar-refractivity contribution in [3.63, 3.8) is 0 Å². The Bertz CT molecular complexity index is 768. The molecule has 3 rings (SSSR count). The van der Waals surface area contributed by atoms with Crippen molar-refractivity contribution < 1.29 is 13.2 Å². The van der Waals surface area contributed by atoms with Crippen LogP contribution in [0.4, 0.5) is 13.2 Å². The Balaban J connectivity index is 1.74. The zero-order chi connectivity index (χ0) is 16.6. The minimum Gasteiger partial charge on any atom is -0.310 e. The molecule has 0 saturated heterocycles. The fourth-order valence-electron chi connectivity index (χ4n) is 2.68. The smallest absolute Gasteiger partial charge is 0.310 e. The molecule has 0 unspecified atom stereocenters. The quantitative estimate of drug-likeness (QED) is 0.918. The van der Waals surface area contributed by atoms with E-state index in [1.807, 2.05) is 4.90 Å². The lowest BCUT2D eigenvalue weighted by Crippen LogP contribution is -2.35. The number of aromatic amines is 1. The zero-order valence-electron chi connectivity index (χ0n) is 12.4. The van der Waals surface area contributed by atoms with Gasteiger partial charge in [-0.3, -0.25) is 14.7 Å². The van der Waals surface area contributed by atoms with Crippen LogP contribution in [-0.4, -0.2) is 26.4 Å². The van der Waals surface area contributed by atoms with Gasteiger partial charge in [-0.05, 0) is 18.6 Å². The van der Waals surface area contributed by atoms with Crippen molar-refractivity contribution in [2.45, 2.75) is 32.6 Å². The normalized spacial score (nSPS) is 15.5. The summed E-state index contributed by atoms with van der Waals surface area (Å²) in [5.74, 6) is 0.592. The molecule has 0 radical (unpaired) electrons. The highest BCUT2D eigenvalue weighted by molar-refractivity contribution is 5.22. The van der Waals surface area contributed by atoms with Gasteiger partial charge in [0.2, 0.25) is 0 Å². The third-order valence-corrected chi connectivity index (χ3v) is 3.79. The first-order valence-electron chi connectivity index (χ1n) is 7.16. The molecule has 0 atom stereocenters. The monoisotopic (exact) mass is 324 g/mol. The van der Waals surface area contributed by atoms with Crippen molar-refractivity contribution >= 4 is 0 Å². The Morgan fingerprint density at radius 3 is 2.78 bits per heavy atom. The largest absolute Gasteiger partial charge is 0.433 e. The maximum absolute atomic E-state index is 12.5. The third kappa shape index (κ3) is 3.42. The molecule has 0 aromatic carbocycles. The molecule has 0 saturated carbocycles. The van der Waals surface area contributed by atoms with Crippen molar-refractivity contribution in [2.75, 3.05) is 6.54 Å².